The third kappa shape index (κ3) is 5.21. The number of hydrogen-bond donors (Lipinski definition) is 2. The lowest BCUT2D eigenvalue weighted by molar-refractivity contribution is -0.131. The summed E-state index contributed by atoms with van der Waals surface area (Å²) >= 11 is 13.2. The van der Waals surface area contributed by atoms with Crippen LogP contribution in [0.5, 0.6) is 0 Å². The van der Waals surface area contributed by atoms with Crippen molar-refractivity contribution in [2.24, 2.45) is 0 Å². The predicted molar refractivity (Wildman–Crippen MR) is 115 cm³/mol. The fraction of sp³-hybridized carbons (Fsp3) is 0.100. The van der Waals surface area contributed by atoms with E-state index in [1.54, 1.807) is 30.3 Å². The number of halogens is 2. The number of anilines is 2. The van der Waals surface area contributed by atoms with E-state index in [1.807, 2.05) is 0 Å². The van der Waals surface area contributed by atoms with Crippen LogP contribution in [0.4, 0.5) is 11.4 Å². The molecule has 0 bridgehead atoms. The molecule has 2 N–H and O–H groups in total. The van der Waals surface area contributed by atoms with Gasteiger partial charge in [-0.1, -0.05) is 29.3 Å². The molecule has 1 fully saturated rings. The monoisotopic (exact) mass is 464 g/mol. The SMILES string of the molecule is O=C(O)C=CC(=O)Nc1cccc(SC2CC(=O)N(c3ccc(Cl)cc3Cl)C2=O)c1. The van der Waals surface area contributed by atoms with Gasteiger partial charge in [0.15, 0.2) is 0 Å². The summed E-state index contributed by atoms with van der Waals surface area (Å²) in [5.41, 5.74) is 0.708. The van der Waals surface area contributed by atoms with Crippen LogP contribution >= 0.6 is 35.0 Å². The van der Waals surface area contributed by atoms with E-state index in [2.05, 4.69) is 5.32 Å². The van der Waals surface area contributed by atoms with E-state index in [0.29, 0.717) is 15.6 Å². The fourth-order valence-electron chi connectivity index (χ4n) is 2.75. The first-order valence-electron chi connectivity index (χ1n) is 8.55. The minimum atomic E-state index is -1.23. The molecule has 0 aliphatic carbocycles. The van der Waals surface area contributed by atoms with Gasteiger partial charge < -0.3 is 10.4 Å². The molecule has 30 heavy (non-hydrogen) atoms. The minimum absolute atomic E-state index is 0.000388. The van der Waals surface area contributed by atoms with Crippen LogP contribution < -0.4 is 10.2 Å². The Labute approximate surface area is 185 Å². The Morgan fingerprint density at radius 1 is 1.13 bits per heavy atom. The summed E-state index contributed by atoms with van der Waals surface area (Å²) in [5.74, 6) is -2.60. The third-order valence-corrected chi connectivity index (χ3v) is 5.73. The smallest absolute Gasteiger partial charge is 0.328 e. The molecule has 0 radical (unpaired) electrons. The first kappa shape index (κ1) is 21.9. The Morgan fingerprint density at radius 3 is 2.60 bits per heavy atom. The largest absolute Gasteiger partial charge is 0.478 e. The van der Waals surface area contributed by atoms with Crippen LogP contribution in [0.2, 0.25) is 10.0 Å². The maximum absolute atomic E-state index is 12.8. The van der Waals surface area contributed by atoms with Crippen molar-refractivity contribution in [3.05, 3.63) is 64.7 Å². The highest BCUT2D eigenvalue weighted by Crippen LogP contribution is 2.37. The average molecular weight is 465 g/mol. The number of carboxylic acids is 1. The van der Waals surface area contributed by atoms with Crippen LogP contribution in [0.3, 0.4) is 0 Å². The van der Waals surface area contributed by atoms with Gasteiger partial charge in [0.2, 0.25) is 17.7 Å². The standard InChI is InChI=1S/C20H14Cl2N2O5S/c21-11-4-5-15(14(22)8-11)24-18(26)10-16(20(24)29)30-13-3-1-2-12(9-13)23-17(25)6-7-19(27)28/h1-9,16H,10H2,(H,23,25)(H,27,28). The number of imide groups is 1. The summed E-state index contributed by atoms with van der Waals surface area (Å²) < 4.78 is 0. The van der Waals surface area contributed by atoms with Gasteiger partial charge >= 0.3 is 5.97 Å². The van der Waals surface area contributed by atoms with Crippen LogP contribution in [-0.4, -0.2) is 34.0 Å². The van der Waals surface area contributed by atoms with Gasteiger partial charge in [0, 0.05) is 34.2 Å². The topological polar surface area (TPSA) is 104 Å². The van der Waals surface area contributed by atoms with Crippen LogP contribution in [0, 0.1) is 0 Å². The van der Waals surface area contributed by atoms with Crippen molar-refractivity contribution in [2.45, 2.75) is 16.6 Å². The third-order valence-electron chi connectivity index (χ3n) is 4.01. The summed E-state index contributed by atoms with van der Waals surface area (Å²) in [5, 5.41) is 11.0. The van der Waals surface area contributed by atoms with Crippen LogP contribution in [-0.2, 0) is 19.2 Å². The van der Waals surface area contributed by atoms with Crippen molar-refractivity contribution < 1.29 is 24.3 Å². The average Bonchev–Trinajstić information content (AvgIpc) is 2.94. The van der Waals surface area contributed by atoms with E-state index < -0.39 is 23.0 Å². The second-order valence-corrected chi connectivity index (χ2v) is 8.28. The molecular formula is C20H14Cl2N2O5S. The number of hydrogen-bond acceptors (Lipinski definition) is 5. The molecule has 0 aromatic heterocycles. The van der Waals surface area contributed by atoms with Gasteiger partial charge in [0.1, 0.15) is 0 Å². The number of benzene rings is 2. The van der Waals surface area contributed by atoms with Crippen molar-refractivity contribution >= 4 is 70.0 Å². The lowest BCUT2D eigenvalue weighted by Gasteiger charge is -2.16. The van der Waals surface area contributed by atoms with Gasteiger partial charge in [-0.2, -0.15) is 0 Å². The second-order valence-electron chi connectivity index (χ2n) is 6.16. The number of aliphatic carboxylic acids is 1. The van der Waals surface area contributed by atoms with Gasteiger partial charge in [-0.15, -0.1) is 11.8 Å². The van der Waals surface area contributed by atoms with Crippen molar-refractivity contribution in [2.75, 3.05) is 10.2 Å². The van der Waals surface area contributed by atoms with E-state index in [0.717, 1.165) is 17.1 Å². The first-order chi connectivity index (χ1) is 14.2. The minimum Gasteiger partial charge on any atom is -0.478 e. The molecule has 1 aliphatic heterocycles. The Kier molecular flexibility index (Phi) is 6.81. The van der Waals surface area contributed by atoms with Crippen molar-refractivity contribution in [1.29, 1.82) is 0 Å². The molecule has 1 atom stereocenters. The molecule has 0 spiro atoms. The van der Waals surface area contributed by atoms with Crippen LogP contribution in [0.1, 0.15) is 6.42 Å². The predicted octanol–water partition coefficient (Wildman–Crippen LogP) is 4.00. The quantitative estimate of drug-likeness (QED) is 0.494. The van der Waals surface area contributed by atoms with E-state index in [4.69, 9.17) is 28.3 Å². The van der Waals surface area contributed by atoms with E-state index in [9.17, 15) is 19.2 Å². The van der Waals surface area contributed by atoms with Gasteiger partial charge in [0.25, 0.3) is 0 Å². The number of carboxylic acid groups (broad SMARTS) is 1. The lowest BCUT2D eigenvalue weighted by atomic mass is 10.3. The molecule has 1 saturated heterocycles. The summed E-state index contributed by atoms with van der Waals surface area (Å²) in [7, 11) is 0. The summed E-state index contributed by atoms with van der Waals surface area (Å²) in [6.45, 7) is 0. The molecule has 10 heteroatoms. The lowest BCUT2D eigenvalue weighted by Crippen LogP contribution is -2.31. The molecule has 0 saturated carbocycles. The number of thioether (sulfide) groups is 1. The summed E-state index contributed by atoms with van der Waals surface area (Å²) in [6.07, 6.45) is 1.63. The highest BCUT2D eigenvalue weighted by atomic mass is 35.5. The van der Waals surface area contributed by atoms with Crippen LogP contribution in [0.25, 0.3) is 0 Å². The molecule has 1 heterocycles. The molecular weight excluding hydrogens is 451 g/mol. The Morgan fingerprint density at radius 2 is 1.90 bits per heavy atom. The van der Waals surface area contributed by atoms with Gasteiger partial charge in [0.05, 0.1) is 16.0 Å². The molecule has 154 valence electrons. The van der Waals surface area contributed by atoms with Crippen molar-refractivity contribution in [3.8, 4) is 0 Å². The number of carbonyl (C=O) groups is 4. The molecule has 7 nitrogen and oxygen atoms in total. The zero-order valence-corrected chi connectivity index (χ0v) is 17.5. The zero-order chi connectivity index (χ0) is 21.8. The first-order valence-corrected chi connectivity index (χ1v) is 10.2. The molecule has 2 aromatic rings. The maximum Gasteiger partial charge on any atom is 0.328 e. The van der Waals surface area contributed by atoms with Crippen molar-refractivity contribution in [1.82, 2.24) is 0 Å². The molecule has 3 rings (SSSR count). The van der Waals surface area contributed by atoms with Crippen molar-refractivity contribution in [3.63, 3.8) is 0 Å². The number of nitrogens with zero attached hydrogens (tertiary/aromatic N) is 1. The Hall–Kier alpha value is -2.81. The van der Waals surface area contributed by atoms with E-state index >= 15 is 0 Å². The normalized spacial score (nSPS) is 16.3. The van der Waals surface area contributed by atoms with Gasteiger partial charge in [-0.25, -0.2) is 9.69 Å². The van der Waals surface area contributed by atoms with E-state index in [-0.39, 0.29) is 23.0 Å². The Balaban J connectivity index is 1.72. The number of amides is 3. The Bertz CT molecular complexity index is 1070. The number of carbonyl (C=O) groups excluding carboxylic acids is 3. The number of rotatable bonds is 6. The van der Waals surface area contributed by atoms with Gasteiger partial charge in [-0.3, -0.25) is 14.4 Å². The fourth-order valence-corrected chi connectivity index (χ4v) is 4.36. The number of nitrogens with one attached hydrogen (secondary N) is 1. The zero-order valence-electron chi connectivity index (χ0n) is 15.2. The van der Waals surface area contributed by atoms with Crippen LogP contribution in [0.15, 0.2) is 59.5 Å². The molecule has 1 aliphatic rings. The highest BCUT2D eigenvalue weighted by Gasteiger charge is 2.40. The second kappa shape index (κ2) is 9.34. The molecule has 2 aromatic carbocycles. The van der Waals surface area contributed by atoms with E-state index in [1.165, 1.54) is 23.9 Å². The van der Waals surface area contributed by atoms with Gasteiger partial charge in [-0.05, 0) is 36.4 Å². The summed E-state index contributed by atoms with van der Waals surface area (Å²) in [6, 6.07) is 11.2. The molecule has 1 unspecified atom stereocenters. The maximum atomic E-state index is 12.8. The summed E-state index contributed by atoms with van der Waals surface area (Å²) in [4.78, 5) is 49.2. The molecule has 3 amide bonds. The highest BCUT2D eigenvalue weighted by molar-refractivity contribution is 8.00.